The zero-order chi connectivity index (χ0) is 23.7. The summed E-state index contributed by atoms with van der Waals surface area (Å²) in [6, 6.07) is 29.3. The molecule has 4 aromatic carbocycles. The minimum absolute atomic E-state index is 0.511. The molecule has 0 aliphatic carbocycles. The summed E-state index contributed by atoms with van der Waals surface area (Å²) < 4.78 is 2.71. The summed E-state index contributed by atoms with van der Waals surface area (Å²) in [5.74, 6) is 0.520. The van der Waals surface area contributed by atoms with Crippen LogP contribution in [0.3, 0.4) is 0 Å². The molecular formula is C30H27N3Se. The number of benzene rings is 4. The van der Waals surface area contributed by atoms with Crippen LogP contribution in [0.5, 0.6) is 0 Å². The summed E-state index contributed by atoms with van der Waals surface area (Å²) in [5, 5.41) is 2.60. The van der Waals surface area contributed by atoms with E-state index in [9.17, 15) is 0 Å². The van der Waals surface area contributed by atoms with E-state index in [-0.39, 0.29) is 0 Å². The Morgan fingerprint density at radius 3 is 2.21 bits per heavy atom. The van der Waals surface area contributed by atoms with Gasteiger partial charge >= 0.3 is 65.0 Å². The van der Waals surface area contributed by atoms with Gasteiger partial charge < -0.3 is 0 Å². The first-order valence-electron chi connectivity index (χ1n) is 11.5. The summed E-state index contributed by atoms with van der Waals surface area (Å²) in [4.78, 5) is 13.4. The fourth-order valence-electron chi connectivity index (χ4n) is 4.41. The molecule has 168 valence electrons. The third kappa shape index (κ3) is 4.39. The molecule has 5 aromatic rings. The molecule has 34 heavy (non-hydrogen) atoms. The van der Waals surface area contributed by atoms with Gasteiger partial charge in [0, 0.05) is 28.3 Å². The van der Waals surface area contributed by atoms with E-state index in [1.54, 1.807) is 0 Å². The first-order chi connectivity index (χ1) is 16.5. The molecule has 1 unspecified atom stereocenters. The van der Waals surface area contributed by atoms with Crippen LogP contribution < -0.4 is 0 Å². The van der Waals surface area contributed by atoms with Crippen molar-refractivity contribution >= 4 is 57.9 Å². The van der Waals surface area contributed by atoms with Gasteiger partial charge in [0.15, 0.2) is 0 Å². The number of rotatable bonds is 0. The second-order valence-corrected chi connectivity index (χ2v) is 11.2. The Morgan fingerprint density at radius 1 is 0.706 bits per heavy atom. The molecule has 0 radical (unpaired) electrons. The topological polar surface area (TPSA) is 37.6 Å². The zero-order valence-electron chi connectivity index (χ0n) is 19.9. The predicted molar refractivity (Wildman–Crippen MR) is 147 cm³/mol. The molecule has 0 amide bonds. The van der Waals surface area contributed by atoms with Crippen molar-refractivity contribution in [2.45, 2.75) is 33.6 Å². The van der Waals surface area contributed by atoms with Crippen LogP contribution in [0.2, 0.25) is 0 Å². The van der Waals surface area contributed by atoms with Crippen molar-refractivity contribution in [3.05, 3.63) is 101 Å². The van der Waals surface area contributed by atoms with Gasteiger partial charge in [-0.25, -0.2) is 0 Å². The van der Waals surface area contributed by atoms with E-state index in [4.69, 9.17) is 0 Å². The molecule has 1 atom stereocenters. The normalized spacial score (nSPS) is 15.1. The van der Waals surface area contributed by atoms with Crippen LogP contribution in [-0.2, 0) is 0 Å². The number of hydrogen-bond donors (Lipinski definition) is 0. The van der Waals surface area contributed by atoms with Crippen molar-refractivity contribution in [1.82, 2.24) is 4.98 Å². The van der Waals surface area contributed by atoms with Crippen molar-refractivity contribution in [2.75, 3.05) is 0 Å². The molecule has 7 rings (SSSR count). The fourth-order valence-corrected chi connectivity index (χ4v) is 6.15. The number of hydrogen-bond acceptors (Lipinski definition) is 3. The molecule has 0 spiro atoms. The van der Waals surface area contributed by atoms with E-state index < -0.39 is 0 Å². The molecule has 2 aliphatic heterocycles. The Morgan fingerprint density at radius 2 is 1.41 bits per heavy atom. The number of nitrogens with zero attached hydrogens (tertiary/aromatic N) is 3. The Balaban J connectivity index is 0.000000107. The second kappa shape index (κ2) is 9.50. The van der Waals surface area contributed by atoms with Gasteiger partial charge in [0.25, 0.3) is 0 Å². The molecule has 1 aromatic heterocycles. The van der Waals surface area contributed by atoms with Crippen LogP contribution in [0.4, 0.5) is 11.4 Å². The van der Waals surface area contributed by atoms with Crippen molar-refractivity contribution < 1.29 is 0 Å². The van der Waals surface area contributed by atoms with Crippen LogP contribution in [0.1, 0.15) is 42.4 Å². The van der Waals surface area contributed by atoms with E-state index in [1.807, 2.05) is 12.1 Å². The van der Waals surface area contributed by atoms with Crippen molar-refractivity contribution in [3.63, 3.8) is 0 Å². The third-order valence-electron chi connectivity index (χ3n) is 6.29. The van der Waals surface area contributed by atoms with Crippen LogP contribution in [0.15, 0.2) is 94.9 Å². The molecule has 2 aliphatic rings. The van der Waals surface area contributed by atoms with Crippen molar-refractivity contribution in [3.8, 4) is 0 Å². The van der Waals surface area contributed by atoms with Gasteiger partial charge in [0.1, 0.15) is 0 Å². The number of para-hydroxylation sites is 2. The minimum atomic E-state index is 0.511. The van der Waals surface area contributed by atoms with Gasteiger partial charge in [-0.15, -0.1) is 0 Å². The standard InChI is InChI=1S/C12H9N.C10H11N.C8H7NSe/c1-8-10-6-2-4-9-5-3-7-11(13-8)12(9)10;1-7-8(2)11-10-6-4-3-5-9(7)10;1-6-9-7-4-2-3-5-8(7)10-6/h2-7H,1H3;3-7H,1-2H3;2-5H,1H3. The summed E-state index contributed by atoms with van der Waals surface area (Å²) in [6.07, 6.45) is 0. The van der Waals surface area contributed by atoms with Gasteiger partial charge in [0.2, 0.25) is 0 Å². The summed E-state index contributed by atoms with van der Waals surface area (Å²) >= 11 is 0.511. The molecule has 4 heteroatoms. The van der Waals surface area contributed by atoms with Crippen LogP contribution >= 0.6 is 0 Å². The van der Waals surface area contributed by atoms with Crippen LogP contribution in [0.25, 0.3) is 20.5 Å². The first-order valence-corrected chi connectivity index (χ1v) is 13.3. The average Bonchev–Trinajstić information content (AvgIpc) is 3.49. The van der Waals surface area contributed by atoms with Crippen LogP contribution in [-0.4, -0.2) is 30.9 Å². The van der Waals surface area contributed by atoms with E-state index in [0.717, 1.165) is 17.1 Å². The SMILES string of the molecule is CC1=Nc2cccc3cccc1c23.CC1=Nc2ccccc2C1C.Cc1nc2ccccc2[se]1. The third-order valence-corrected chi connectivity index (χ3v) is 8.29. The molecule has 0 bridgehead atoms. The maximum atomic E-state index is 4.51. The number of aromatic nitrogens is 1. The molecule has 0 saturated carbocycles. The van der Waals surface area contributed by atoms with E-state index in [0.29, 0.717) is 20.4 Å². The molecule has 3 nitrogen and oxygen atoms in total. The molecule has 3 heterocycles. The van der Waals surface area contributed by atoms with E-state index in [1.165, 1.54) is 42.0 Å². The predicted octanol–water partition coefficient (Wildman–Crippen LogP) is 7.79. The maximum absolute atomic E-state index is 4.51. The molecule has 0 fully saturated rings. The Kier molecular flexibility index (Phi) is 6.27. The Hall–Kier alpha value is -3.33. The van der Waals surface area contributed by atoms with E-state index in [2.05, 4.69) is 115 Å². The Labute approximate surface area is 206 Å². The van der Waals surface area contributed by atoms with Gasteiger partial charge in [-0.05, 0) is 36.9 Å². The van der Waals surface area contributed by atoms with Crippen LogP contribution in [0, 0.1) is 6.92 Å². The molecule has 0 saturated heterocycles. The monoisotopic (exact) mass is 509 g/mol. The van der Waals surface area contributed by atoms with Gasteiger partial charge in [-0.1, -0.05) is 55.5 Å². The molecular weight excluding hydrogens is 481 g/mol. The summed E-state index contributed by atoms with van der Waals surface area (Å²) in [7, 11) is 0. The second-order valence-electron chi connectivity index (χ2n) is 8.61. The van der Waals surface area contributed by atoms with Gasteiger partial charge in [0.05, 0.1) is 11.4 Å². The number of aliphatic imine (C=N–C) groups is 2. The summed E-state index contributed by atoms with van der Waals surface area (Å²) in [6.45, 7) is 8.45. The quantitative estimate of drug-likeness (QED) is 0.197. The van der Waals surface area contributed by atoms with Crippen molar-refractivity contribution in [2.24, 2.45) is 9.98 Å². The van der Waals surface area contributed by atoms with E-state index >= 15 is 0 Å². The number of fused-ring (bicyclic) bond motifs is 2. The average molecular weight is 509 g/mol. The van der Waals surface area contributed by atoms with Gasteiger partial charge in [-0.2, -0.15) is 0 Å². The zero-order valence-corrected chi connectivity index (χ0v) is 21.6. The summed E-state index contributed by atoms with van der Waals surface area (Å²) in [5.41, 5.74) is 8.46. The number of aryl methyl sites for hydroxylation is 1. The fraction of sp³-hybridized carbons (Fsp3) is 0.167. The Bertz CT molecular complexity index is 1520. The van der Waals surface area contributed by atoms with Gasteiger partial charge in [-0.3, -0.25) is 9.98 Å². The molecule has 0 N–H and O–H groups in total. The van der Waals surface area contributed by atoms with Crippen molar-refractivity contribution in [1.29, 1.82) is 0 Å². The first kappa shape index (κ1) is 22.5.